The number of sulfonamides is 1. The number of carbonyl (C=O) groups is 1. The van der Waals surface area contributed by atoms with Crippen molar-refractivity contribution in [2.75, 3.05) is 36.5 Å². The molecule has 6 nitrogen and oxygen atoms in total. The predicted octanol–water partition coefficient (Wildman–Crippen LogP) is 3.21. The van der Waals surface area contributed by atoms with E-state index in [2.05, 4.69) is 24.4 Å². The van der Waals surface area contributed by atoms with Gasteiger partial charge in [0.15, 0.2) is 0 Å². The Labute approximate surface area is 177 Å². The van der Waals surface area contributed by atoms with Crippen LogP contribution in [0.1, 0.15) is 17.5 Å². The molecule has 0 radical (unpaired) electrons. The van der Waals surface area contributed by atoms with Crippen LogP contribution >= 0.6 is 11.8 Å². The summed E-state index contributed by atoms with van der Waals surface area (Å²) in [6, 6.07) is 14.9. The zero-order valence-electron chi connectivity index (χ0n) is 17.1. The van der Waals surface area contributed by atoms with E-state index in [4.69, 9.17) is 4.74 Å². The summed E-state index contributed by atoms with van der Waals surface area (Å²) >= 11 is 1.82. The molecule has 2 aromatic carbocycles. The lowest BCUT2D eigenvalue weighted by Gasteiger charge is -2.22. The number of carbonyl (C=O) groups excluding carboxylic acids is 1. The van der Waals surface area contributed by atoms with Gasteiger partial charge in [-0.3, -0.25) is 9.10 Å². The fourth-order valence-electron chi connectivity index (χ4n) is 2.69. The van der Waals surface area contributed by atoms with Crippen molar-refractivity contribution in [2.24, 2.45) is 0 Å². The van der Waals surface area contributed by atoms with E-state index < -0.39 is 10.0 Å². The number of aryl methyl sites for hydroxylation is 1. The second-order valence-corrected chi connectivity index (χ2v) is 9.66. The number of hydrogen-bond acceptors (Lipinski definition) is 5. The van der Waals surface area contributed by atoms with Gasteiger partial charge in [-0.1, -0.05) is 24.3 Å². The number of benzene rings is 2. The second kappa shape index (κ2) is 11.1. The largest absolute Gasteiger partial charge is 0.497 e. The van der Waals surface area contributed by atoms with E-state index in [1.54, 1.807) is 24.3 Å². The van der Waals surface area contributed by atoms with Gasteiger partial charge in [0, 0.05) is 12.3 Å². The number of thioether (sulfide) groups is 1. The Balaban J connectivity index is 1.77. The minimum atomic E-state index is -3.58. The van der Waals surface area contributed by atoms with Gasteiger partial charge in [-0.2, -0.15) is 11.8 Å². The fraction of sp³-hybridized carbons (Fsp3) is 0.381. The molecule has 2 aromatic rings. The molecular formula is C21H28N2O4S2. The highest BCUT2D eigenvalue weighted by atomic mass is 32.2. The first kappa shape index (κ1) is 23.1. The molecule has 0 aliphatic rings. The van der Waals surface area contributed by atoms with Crippen molar-refractivity contribution in [2.45, 2.75) is 19.1 Å². The van der Waals surface area contributed by atoms with Crippen molar-refractivity contribution < 1.29 is 17.9 Å². The van der Waals surface area contributed by atoms with Crippen LogP contribution in [0.2, 0.25) is 0 Å². The Hall–Kier alpha value is -2.19. The van der Waals surface area contributed by atoms with Crippen LogP contribution in [0.4, 0.5) is 5.69 Å². The molecule has 0 atom stereocenters. The third-order valence-electron chi connectivity index (χ3n) is 4.35. The van der Waals surface area contributed by atoms with E-state index in [9.17, 15) is 13.2 Å². The molecule has 0 heterocycles. The molecule has 8 heteroatoms. The van der Waals surface area contributed by atoms with Crippen LogP contribution in [-0.4, -0.2) is 46.5 Å². The number of anilines is 1. The zero-order chi connectivity index (χ0) is 21.3. The minimum Gasteiger partial charge on any atom is -0.497 e. The molecule has 0 aliphatic carbocycles. The fourth-order valence-corrected chi connectivity index (χ4v) is 4.58. The van der Waals surface area contributed by atoms with Gasteiger partial charge >= 0.3 is 0 Å². The number of nitrogens with one attached hydrogen (secondary N) is 1. The maximum Gasteiger partial charge on any atom is 0.240 e. The second-order valence-electron chi connectivity index (χ2n) is 6.65. The molecule has 1 amide bonds. The molecule has 0 fully saturated rings. The van der Waals surface area contributed by atoms with Gasteiger partial charge in [0.25, 0.3) is 0 Å². The maximum absolute atomic E-state index is 12.2. The van der Waals surface area contributed by atoms with Crippen molar-refractivity contribution in [3.05, 3.63) is 59.7 Å². The van der Waals surface area contributed by atoms with Crippen LogP contribution in [0.15, 0.2) is 48.5 Å². The van der Waals surface area contributed by atoms with E-state index in [-0.39, 0.29) is 12.5 Å². The SMILES string of the molecule is COc1ccc(N(CC(=O)NCCCSCc2ccccc2C)S(C)(=O)=O)cc1. The van der Waals surface area contributed by atoms with Crippen molar-refractivity contribution >= 4 is 33.4 Å². The zero-order valence-corrected chi connectivity index (χ0v) is 18.7. The summed E-state index contributed by atoms with van der Waals surface area (Å²) in [5.41, 5.74) is 3.04. The first-order valence-corrected chi connectivity index (χ1v) is 12.3. The first-order valence-electron chi connectivity index (χ1n) is 9.32. The Kier molecular flexibility index (Phi) is 8.85. The van der Waals surface area contributed by atoms with E-state index >= 15 is 0 Å². The van der Waals surface area contributed by atoms with Gasteiger partial charge in [0.2, 0.25) is 15.9 Å². The van der Waals surface area contributed by atoms with Crippen LogP contribution in [0.5, 0.6) is 5.75 Å². The van der Waals surface area contributed by atoms with Gasteiger partial charge < -0.3 is 10.1 Å². The lowest BCUT2D eigenvalue weighted by Crippen LogP contribution is -2.40. The van der Waals surface area contributed by atoms with Gasteiger partial charge in [-0.15, -0.1) is 0 Å². The van der Waals surface area contributed by atoms with Crippen molar-refractivity contribution in [3.63, 3.8) is 0 Å². The lowest BCUT2D eigenvalue weighted by molar-refractivity contribution is -0.119. The smallest absolute Gasteiger partial charge is 0.240 e. The van der Waals surface area contributed by atoms with Gasteiger partial charge in [-0.05, 0) is 54.5 Å². The van der Waals surface area contributed by atoms with Crippen LogP contribution in [0.3, 0.4) is 0 Å². The third kappa shape index (κ3) is 7.62. The predicted molar refractivity (Wildman–Crippen MR) is 120 cm³/mol. The number of methoxy groups -OCH3 is 1. The Bertz CT molecular complexity index is 899. The molecule has 0 bridgehead atoms. The number of hydrogen-bond donors (Lipinski definition) is 1. The molecule has 29 heavy (non-hydrogen) atoms. The monoisotopic (exact) mass is 436 g/mol. The molecule has 1 N–H and O–H groups in total. The number of rotatable bonds is 11. The summed E-state index contributed by atoms with van der Waals surface area (Å²) in [7, 11) is -2.04. The van der Waals surface area contributed by atoms with Crippen LogP contribution in [0.25, 0.3) is 0 Å². The van der Waals surface area contributed by atoms with Gasteiger partial charge in [0.1, 0.15) is 12.3 Å². The summed E-state index contributed by atoms with van der Waals surface area (Å²) in [6.45, 7) is 2.37. The summed E-state index contributed by atoms with van der Waals surface area (Å²) in [4.78, 5) is 12.2. The average Bonchev–Trinajstić information content (AvgIpc) is 2.69. The topological polar surface area (TPSA) is 75.7 Å². The minimum absolute atomic E-state index is 0.248. The van der Waals surface area contributed by atoms with E-state index in [0.717, 1.165) is 28.5 Å². The molecule has 0 saturated heterocycles. The summed E-state index contributed by atoms with van der Waals surface area (Å²) in [5.74, 6) is 2.16. The Morgan fingerprint density at radius 3 is 2.45 bits per heavy atom. The summed E-state index contributed by atoms with van der Waals surface area (Å²) < 4.78 is 30.4. The van der Waals surface area contributed by atoms with E-state index in [0.29, 0.717) is 18.0 Å². The molecule has 0 aromatic heterocycles. The summed E-state index contributed by atoms with van der Waals surface area (Å²) in [5, 5.41) is 2.80. The quantitative estimate of drug-likeness (QED) is 0.548. The standard InChI is InChI=1S/C21H28N2O4S2/c1-17-7-4-5-8-18(17)16-28-14-6-13-22-21(24)15-23(29(3,25)26)19-9-11-20(27-2)12-10-19/h4-5,7-12H,6,13-16H2,1-3H3,(H,22,24). The number of nitrogens with zero attached hydrogens (tertiary/aromatic N) is 1. The Morgan fingerprint density at radius 2 is 1.83 bits per heavy atom. The highest BCUT2D eigenvalue weighted by molar-refractivity contribution is 7.98. The Morgan fingerprint density at radius 1 is 1.14 bits per heavy atom. The molecule has 0 unspecified atom stereocenters. The maximum atomic E-state index is 12.2. The van der Waals surface area contributed by atoms with Crippen molar-refractivity contribution in [3.8, 4) is 5.75 Å². The van der Waals surface area contributed by atoms with Crippen LogP contribution < -0.4 is 14.4 Å². The molecular weight excluding hydrogens is 408 g/mol. The van der Waals surface area contributed by atoms with Crippen LogP contribution in [0, 0.1) is 6.92 Å². The first-order chi connectivity index (χ1) is 13.8. The molecule has 0 spiro atoms. The van der Waals surface area contributed by atoms with Gasteiger partial charge in [0.05, 0.1) is 19.1 Å². The van der Waals surface area contributed by atoms with Gasteiger partial charge in [-0.25, -0.2) is 8.42 Å². The van der Waals surface area contributed by atoms with E-state index in [1.165, 1.54) is 18.2 Å². The average molecular weight is 437 g/mol. The number of ether oxygens (including phenoxy) is 1. The molecule has 0 aliphatic heterocycles. The highest BCUT2D eigenvalue weighted by Gasteiger charge is 2.20. The lowest BCUT2D eigenvalue weighted by atomic mass is 10.1. The van der Waals surface area contributed by atoms with Crippen molar-refractivity contribution in [1.29, 1.82) is 0 Å². The molecule has 0 saturated carbocycles. The number of amides is 1. The van der Waals surface area contributed by atoms with Crippen molar-refractivity contribution in [1.82, 2.24) is 5.32 Å². The van der Waals surface area contributed by atoms with E-state index in [1.807, 2.05) is 23.9 Å². The molecule has 158 valence electrons. The van der Waals surface area contributed by atoms with Crippen LogP contribution in [-0.2, 0) is 20.6 Å². The normalized spacial score (nSPS) is 11.1. The third-order valence-corrected chi connectivity index (χ3v) is 6.59. The highest BCUT2D eigenvalue weighted by Crippen LogP contribution is 2.21. The summed E-state index contributed by atoms with van der Waals surface area (Å²) in [6.07, 6.45) is 1.91. The molecule has 2 rings (SSSR count).